The highest BCUT2D eigenvalue weighted by molar-refractivity contribution is 5.92. The highest BCUT2D eigenvalue weighted by atomic mass is 16.5. The van der Waals surface area contributed by atoms with Crippen LogP contribution in [0.3, 0.4) is 0 Å². The number of hydrogen-bond acceptors (Lipinski definition) is 5. The Kier molecular flexibility index (Phi) is 6.43. The summed E-state index contributed by atoms with van der Waals surface area (Å²) in [5, 5.41) is 0. The van der Waals surface area contributed by atoms with E-state index in [1.54, 1.807) is 6.07 Å². The summed E-state index contributed by atoms with van der Waals surface area (Å²) in [7, 11) is 0. The maximum atomic E-state index is 12.9. The van der Waals surface area contributed by atoms with Crippen molar-refractivity contribution >= 4 is 5.91 Å². The van der Waals surface area contributed by atoms with Gasteiger partial charge in [0.05, 0.1) is 13.2 Å². The fourth-order valence-corrected chi connectivity index (χ4v) is 3.88. The van der Waals surface area contributed by atoms with E-state index in [2.05, 4.69) is 28.7 Å². The summed E-state index contributed by atoms with van der Waals surface area (Å²) in [6.07, 6.45) is 2.88. The SMILES string of the molecule is CC(C)Cc1cc(C(=O)N2CCC[C@H](CN3CCOCC3)C2)nc(=O)[nH]1. The van der Waals surface area contributed by atoms with E-state index < -0.39 is 5.69 Å². The Morgan fingerprint density at radius 1 is 1.35 bits per heavy atom. The first-order valence-corrected chi connectivity index (χ1v) is 9.71. The lowest BCUT2D eigenvalue weighted by molar-refractivity contribution is 0.0223. The van der Waals surface area contributed by atoms with E-state index in [1.165, 1.54) is 0 Å². The predicted molar refractivity (Wildman–Crippen MR) is 99.3 cm³/mol. The van der Waals surface area contributed by atoms with Gasteiger partial charge in [0, 0.05) is 38.4 Å². The van der Waals surface area contributed by atoms with Crippen molar-refractivity contribution < 1.29 is 9.53 Å². The zero-order valence-electron chi connectivity index (χ0n) is 15.9. The van der Waals surface area contributed by atoms with Crippen molar-refractivity contribution in [3.63, 3.8) is 0 Å². The van der Waals surface area contributed by atoms with Crippen LogP contribution in [-0.4, -0.2) is 71.6 Å². The summed E-state index contributed by atoms with van der Waals surface area (Å²) in [5.41, 5.74) is 0.620. The van der Waals surface area contributed by atoms with Crippen molar-refractivity contribution in [2.45, 2.75) is 33.1 Å². The molecule has 3 rings (SSSR count). The molecule has 0 bridgehead atoms. The number of aromatic nitrogens is 2. The lowest BCUT2D eigenvalue weighted by Crippen LogP contribution is -2.46. The van der Waals surface area contributed by atoms with Crippen molar-refractivity contribution in [3.05, 3.63) is 27.9 Å². The molecule has 7 nitrogen and oxygen atoms in total. The molecule has 0 radical (unpaired) electrons. The minimum absolute atomic E-state index is 0.118. The summed E-state index contributed by atoms with van der Waals surface area (Å²) >= 11 is 0. The number of hydrogen-bond donors (Lipinski definition) is 1. The molecule has 0 saturated carbocycles. The van der Waals surface area contributed by atoms with Gasteiger partial charge in [0.2, 0.25) is 0 Å². The minimum Gasteiger partial charge on any atom is -0.379 e. The summed E-state index contributed by atoms with van der Waals surface area (Å²) < 4.78 is 5.41. The molecule has 1 amide bonds. The third-order valence-electron chi connectivity index (χ3n) is 5.07. The average Bonchev–Trinajstić information content (AvgIpc) is 2.61. The Morgan fingerprint density at radius 3 is 2.85 bits per heavy atom. The zero-order valence-corrected chi connectivity index (χ0v) is 15.9. The molecule has 0 unspecified atom stereocenters. The topological polar surface area (TPSA) is 78.5 Å². The quantitative estimate of drug-likeness (QED) is 0.850. The number of likely N-dealkylation sites (tertiary alicyclic amines) is 1. The van der Waals surface area contributed by atoms with E-state index in [0.29, 0.717) is 11.8 Å². The number of nitrogens with one attached hydrogen (secondary N) is 1. The number of piperidine rings is 1. The van der Waals surface area contributed by atoms with Gasteiger partial charge in [0.15, 0.2) is 0 Å². The molecule has 0 spiro atoms. The third-order valence-corrected chi connectivity index (χ3v) is 5.07. The number of H-pyrrole nitrogens is 1. The van der Waals surface area contributed by atoms with E-state index in [-0.39, 0.29) is 11.6 Å². The largest absolute Gasteiger partial charge is 0.379 e. The third kappa shape index (κ3) is 5.14. The number of aromatic amines is 1. The Labute approximate surface area is 154 Å². The number of amides is 1. The van der Waals surface area contributed by atoms with Crippen LogP contribution in [0.1, 0.15) is 42.9 Å². The first kappa shape index (κ1) is 19.0. The van der Waals surface area contributed by atoms with E-state index >= 15 is 0 Å². The van der Waals surface area contributed by atoms with E-state index in [9.17, 15) is 9.59 Å². The van der Waals surface area contributed by atoms with Crippen molar-refractivity contribution in [1.29, 1.82) is 0 Å². The van der Waals surface area contributed by atoms with Crippen LogP contribution in [0.2, 0.25) is 0 Å². The second-order valence-electron chi connectivity index (χ2n) is 7.87. The maximum Gasteiger partial charge on any atom is 0.345 e. The minimum atomic E-state index is -0.437. The summed E-state index contributed by atoms with van der Waals surface area (Å²) in [4.78, 5) is 35.7. The summed E-state index contributed by atoms with van der Waals surface area (Å²) in [6.45, 7) is 10.2. The van der Waals surface area contributed by atoms with Gasteiger partial charge in [-0.15, -0.1) is 0 Å². The van der Waals surface area contributed by atoms with Gasteiger partial charge in [-0.3, -0.25) is 9.69 Å². The van der Waals surface area contributed by atoms with Crippen molar-refractivity contribution in [3.8, 4) is 0 Å². The Bertz CT molecular complexity index is 667. The molecule has 2 aliphatic heterocycles. The van der Waals surface area contributed by atoms with Crippen molar-refractivity contribution in [2.24, 2.45) is 11.8 Å². The highest BCUT2D eigenvalue weighted by Gasteiger charge is 2.27. The van der Waals surface area contributed by atoms with Crippen LogP contribution in [0, 0.1) is 11.8 Å². The van der Waals surface area contributed by atoms with Crippen LogP contribution in [0.5, 0.6) is 0 Å². The molecule has 7 heteroatoms. The number of nitrogens with zero attached hydrogens (tertiary/aromatic N) is 3. The number of ether oxygens (including phenoxy) is 1. The van der Waals surface area contributed by atoms with Gasteiger partial charge < -0.3 is 14.6 Å². The van der Waals surface area contributed by atoms with Crippen LogP contribution in [0.15, 0.2) is 10.9 Å². The molecule has 0 aliphatic carbocycles. The van der Waals surface area contributed by atoms with Gasteiger partial charge in [0.25, 0.3) is 5.91 Å². The zero-order chi connectivity index (χ0) is 18.5. The van der Waals surface area contributed by atoms with Crippen molar-refractivity contribution in [2.75, 3.05) is 45.9 Å². The van der Waals surface area contributed by atoms with Gasteiger partial charge in [-0.05, 0) is 37.2 Å². The van der Waals surface area contributed by atoms with E-state index in [4.69, 9.17) is 4.74 Å². The predicted octanol–water partition coefficient (Wildman–Crippen LogP) is 1.15. The fraction of sp³-hybridized carbons (Fsp3) is 0.737. The Balaban J connectivity index is 1.65. The molecule has 1 aromatic rings. The highest BCUT2D eigenvalue weighted by Crippen LogP contribution is 2.20. The average molecular weight is 362 g/mol. The molecule has 144 valence electrons. The van der Waals surface area contributed by atoms with Crippen molar-refractivity contribution in [1.82, 2.24) is 19.8 Å². The molecule has 3 heterocycles. The Hall–Kier alpha value is -1.73. The van der Waals surface area contributed by atoms with Crippen LogP contribution in [-0.2, 0) is 11.2 Å². The van der Waals surface area contributed by atoms with Crippen LogP contribution >= 0.6 is 0 Å². The lowest BCUT2D eigenvalue weighted by Gasteiger charge is -2.36. The van der Waals surface area contributed by atoms with Gasteiger partial charge >= 0.3 is 5.69 Å². The molecule has 2 aliphatic rings. The molecule has 1 N–H and O–H groups in total. The first-order valence-electron chi connectivity index (χ1n) is 9.71. The molecular formula is C19H30N4O3. The van der Waals surface area contributed by atoms with Crippen LogP contribution < -0.4 is 5.69 Å². The molecule has 0 aromatic carbocycles. The smallest absolute Gasteiger partial charge is 0.345 e. The van der Waals surface area contributed by atoms with E-state index in [1.807, 2.05) is 4.90 Å². The first-order chi connectivity index (χ1) is 12.5. The standard InChI is InChI=1S/C19H30N4O3/c1-14(2)10-16-11-17(21-19(25)20-16)18(24)23-5-3-4-15(13-23)12-22-6-8-26-9-7-22/h11,14-15H,3-10,12-13H2,1-2H3,(H,20,21,25)/t15-/m1/s1. The molecule has 1 atom stereocenters. The lowest BCUT2D eigenvalue weighted by atomic mass is 9.97. The monoisotopic (exact) mass is 362 g/mol. The number of carbonyl (C=O) groups excluding carboxylic acids is 1. The Morgan fingerprint density at radius 2 is 2.12 bits per heavy atom. The normalized spacial score (nSPS) is 22.0. The second-order valence-corrected chi connectivity index (χ2v) is 7.87. The number of rotatable bonds is 5. The van der Waals surface area contributed by atoms with Gasteiger partial charge in [-0.25, -0.2) is 4.79 Å². The van der Waals surface area contributed by atoms with Gasteiger partial charge in [0.1, 0.15) is 5.69 Å². The summed E-state index contributed by atoms with van der Waals surface area (Å²) in [5.74, 6) is 0.764. The van der Waals surface area contributed by atoms with Crippen LogP contribution in [0.25, 0.3) is 0 Å². The number of carbonyl (C=O) groups is 1. The fourth-order valence-electron chi connectivity index (χ4n) is 3.88. The molecule has 2 fully saturated rings. The van der Waals surface area contributed by atoms with E-state index in [0.717, 1.165) is 70.9 Å². The second kappa shape index (κ2) is 8.77. The molecule has 1 aromatic heterocycles. The van der Waals surface area contributed by atoms with Gasteiger partial charge in [-0.1, -0.05) is 13.8 Å². The van der Waals surface area contributed by atoms with Crippen LogP contribution in [0.4, 0.5) is 0 Å². The molecular weight excluding hydrogens is 332 g/mol. The van der Waals surface area contributed by atoms with Gasteiger partial charge in [-0.2, -0.15) is 4.98 Å². The molecule has 2 saturated heterocycles. The number of morpholine rings is 1. The maximum absolute atomic E-state index is 12.9. The molecule has 26 heavy (non-hydrogen) atoms. The summed E-state index contributed by atoms with van der Waals surface area (Å²) in [6, 6.07) is 1.75.